The third-order valence-electron chi connectivity index (χ3n) is 4.64. The van der Waals surface area contributed by atoms with Gasteiger partial charge >= 0.3 is 0 Å². The van der Waals surface area contributed by atoms with Gasteiger partial charge in [0.05, 0.1) is 5.75 Å². The Hall–Kier alpha value is -1.07. The van der Waals surface area contributed by atoms with Crippen LogP contribution in [-0.2, 0) is 15.6 Å². The van der Waals surface area contributed by atoms with Crippen LogP contribution in [0.5, 0.6) is 0 Å². The van der Waals surface area contributed by atoms with Crippen LogP contribution in [-0.4, -0.2) is 45.2 Å². The maximum atomic E-state index is 11.5. The summed E-state index contributed by atoms with van der Waals surface area (Å²) in [6, 6.07) is 6.36. The molecule has 0 spiro atoms. The highest BCUT2D eigenvalue weighted by atomic mass is 32.2. The summed E-state index contributed by atoms with van der Waals surface area (Å²) in [5.74, 6) is 0.699. The van der Waals surface area contributed by atoms with Gasteiger partial charge in [-0.2, -0.15) is 0 Å². The van der Waals surface area contributed by atoms with E-state index >= 15 is 0 Å². The maximum Gasteiger partial charge on any atom is 0.151 e. The Morgan fingerprint density at radius 2 is 2.09 bits per heavy atom. The van der Waals surface area contributed by atoms with Crippen molar-refractivity contribution >= 4 is 15.5 Å². The molecule has 1 N–H and O–H groups in total. The molecule has 2 atom stereocenters. The van der Waals surface area contributed by atoms with Crippen LogP contribution in [0.2, 0.25) is 0 Å². The van der Waals surface area contributed by atoms with Crippen molar-refractivity contribution in [3.63, 3.8) is 0 Å². The van der Waals surface area contributed by atoms with E-state index in [0.717, 1.165) is 42.9 Å². The standard InChI is InChI=1S/C17H28N2O2S/c1-5-19-10-9-16(13(2)11-19)18-17-8-6-7-15(14(17)3)12-22(4,20)21/h6-8,13,16,18H,5,9-12H2,1-4H3/t13-,16-/m1/s1. The smallest absolute Gasteiger partial charge is 0.151 e. The fraction of sp³-hybridized carbons (Fsp3) is 0.647. The summed E-state index contributed by atoms with van der Waals surface area (Å²) in [4.78, 5) is 2.48. The molecular formula is C17H28N2O2S. The molecule has 0 unspecified atom stereocenters. The molecule has 1 fully saturated rings. The lowest BCUT2D eigenvalue weighted by Crippen LogP contribution is -2.45. The van der Waals surface area contributed by atoms with Gasteiger partial charge in [0.2, 0.25) is 0 Å². The minimum atomic E-state index is -3.01. The normalized spacial score (nSPS) is 23.5. The van der Waals surface area contributed by atoms with E-state index in [2.05, 4.69) is 30.1 Å². The van der Waals surface area contributed by atoms with Crippen molar-refractivity contribution in [1.82, 2.24) is 4.90 Å². The molecule has 1 aromatic carbocycles. The highest BCUT2D eigenvalue weighted by Gasteiger charge is 2.25. The van der Waals surface area contributed by atoms with Gasteiger partial charge in [-0.15, -0.1) is 0 Å². The van der Waals surface area contributed by atoms with Crippen molar-refractivity contribution in [1.29, 1.82) is 0 Å². The van der Waals surface area contributed by atoms with E-state index in [-0.39, 0.29) is 5.75 Å². The van der Waals surface area contributed by atoms with E-state index in [4.69, 9.17) is 0 Å². The highest BCUT2D eigenvalue weighted by molar-refractivity contribution is 7.89. The molecule has 1 aliphatic heterocycles. The van der Waals surface area contributed by atoms with Gasteiger partial charge < -0.3 is 10.2 Å². The van der Waals surface area contributed by atoms with Crippen molar-refractivity contribution in [2.45, 2.75) is 39.0 Å². The first-order valence-electron chi connectivity index (χ1n) is 8.05. The SMILES string of the molecule is CCN1CC[C@@H](Nc2cccc(CS(C)(=O)=O)c2C)[C@H](C)C1. The van der Waals surface area contributed by atoms with E-state index in [1.807, 2.05) is 19.1 Å². The number of rotatable bonds is 5. The summed E-state index contributed by atoms with van der Waals surface area (Å²) in [5, 5.41) is 3.65. The van der Waals surface area contributed by atoms with Gasteiger partial charge in [0.25, 0.3) is 0 Å². The fourth-order valence-corrected chi connectivity index (χ4v) is 4.09. The number of piperidine rings is 1. The predicted octanol–water partition coefficient (Wildman–Crippen LogP) is 2.68. The second-order valence-electron chi connectivity index (χ2n) is 6.57. The summed E-state index contributed by atoms with van der Waals surface area (Å²) in [6.07, 6.45) is 2.42. The minimum Gasteiger partial charge on any atom is -0.382 e. The average Bonchev–Trinajstić information content (AvgIpc) is 2.43. The topological polar surface area (TPSA) is 49.4 Å². The number of sulfone groups is 1. The molecule has 124 valence electrons. The second-order valence-corrected chi connectivity index (χ2v) is 8.71. The minimum absolute atomic E-state index is 0.109. The first-order chi connectivity index (χ1) is 10.3. The molecule has 2 rings (SSSR count). The Labute approximate surface area is 134 Å². The van der Waals surface area contributed by atoms with Crippen molar-refractivity contribution in [2.75, 3.05) is 31.2 Å². The molecule has 1 saturated heterocycles. The molecule has 0 radical (unpaired) electrons. The second kappa shape index (κ2) is 7.01. The molecule has 22 heavy (non-hydrogen) atoms. The van der Waals surface area contributed by atoms with Crippen molar-refractivity contribution < 1.29 is 8.42 Å². The van der Waals surface area contributed by atoms with E-state index < -0.39 is 9.84 Å². The molecule has 0 amide bonds. The molecule has 5 heteroatoms. The summed E-state index contributed by atoms with van der Waals surface area (Å²) in [7, 11) is -3.01. The first kappa shape index (κ1) is 17.3. The number of benzene rings is 1. The van der Waals surface area contributed by atoms with Crippen LogP contribution < -0.4 is 5.32 Å². The number of nitrogens with one attached hydrogen (secondary N) is 1. The summed E-state index contributed by atoms with van der Waals surface area (Å²) in [5.41, 5.74) is 3.02. The van der Waals surface area contributed by atoms with Crippen LogP contribution >= 0.6 is 0 Å². The highest BCUT2D eigenvalue weighted by Crippen LogP contribution is 2.25. The summed E-state index contributed by atoms with van der Waals surface area (Å²) in [6.45, 7) is 9.86. The average molecular weight is 324 g/mol. The zero-order valence-electron chi connectivity index (χ0n) is 14.1. The van der Waals surface area contributed by atoms with Crippen LogP contribution in [0.25, 0.3) is 0 Å². The molecule has 4 nitrogen and oxygen atoms in total. The lowest BCUT2D eigenvalue weighted by molar-refractivity contribution is 0.179. The monoisotopic (exact) mass is 324 g/mol. The lowest BCUT2D eigenvalue weighted by Gasteiger charge is -2.37. The van der Waals surface area contributed by atoms with Crippen LogP contribution in [0.3, 0.4) is 0 Å². The zero-order valence-corrected chi connectivity index (χ0v) is 14.9. The molecule has 0 aliphatic carbocycles. The fourth-order valence-electron chi connectivity index (χ4n) is 3.21. The van der Waals surface area contributed by atoms with Gasteiger partial charge in [0, 0.05) is 31.1 Å². The maximum absolute atomic E-state index is 11.5. The van der Waals surface area contributed by atoms with Crippen LogP contribution in [0.4, 0.5) is 5.69 Å². The molecule has 0 bridgehead atoms. The van der Waals surface area contributed by atoms with Gasteiger partial charge in [-0.3, -0.25) is 0 Å². The Balaban J connectivity index is 2.12. The summed E-state index contributed by atoms with van der Waals surface area (Å²) < 4.78 is 23.1. The molecule has 0 saturated carbocycles. The molecule has 1 heterocycles. The van der Waals surface area contributed by atoms with Crippen molar-refractivity contribution in [2.24, 2.45) is 5.92 Å². The van der Waals surface area contributed by atoms with Gasteiger partial charge in [0.15, 0.2) is 9.84 Å². The third kappa shape index (κ3) is 4.46. The van der Waals surface area contributed by atoms with Crippen molar-refractivity contribution in [3.05, 3.63) is 29.3 Å². The lowest BCUT2D eigenvalue weighted by atomic mass is 9.93. The number of nitrogens with zero attached hydrogens (tertiary/aromatic N) is 1. The van der Waals surface area contributed by atoms with Crippen molar-refractivity contribution in [3.8, 4) is 0 Å². The number of hydrogen-bond donors (Lipinski definition) is 1. The number of hydrogen-bond acceptors (Lipinski definition) is 4. The van der Waals surface area contributed by atoms with Gasteiger partial charge in [-0.25, -0.2) is 8.42 Å². The molecule has 0 aromatic heterocycles. The largest absolute Gasteiger partial charge is 0.382 e. The Morgan fingerprint density at radius 1 is 1.36 bits per heavy atom. The van der Waals surface area contributed by atoms with E-state index in [9.17, 15) is 8.42 Å². The molecule has 1 aromatic rings. The molecule has 1 aliphatic rings. The quantitative estimate of drug-likeness (QED) is 0.905. The van der Waals surface area contributed by atoms with Crippen LogP contribution in [0, 0.1) is 12.8 Å². The van der Waals surface area contributed by atoms with Gasteiger partial charge in [-0.1, -0.05) is 26.0 Å². The van der Waals surface area contributed by atoms with Gasteiger partial charge in [0.1, 0.15) is 0 Å². The molecular weight excluding hydrogens is 296 g/mol. The number of likely N-dealkylation sites (tertiary alicyclic amines) is 1. The van der Waals surface area contributed by atoms with Crippen LogP contribution in [0.15, 0.2) is 18.2 Å². The zero-order chi connectivity index (χ0) is 16.3. The predicted molar refractivity (Wildman–Crippen MR) is 93.0 cm³/mol. The van der Waals surface area contributed by atoms with E-state index in [0.29, 0.717) is 12.0 Å². The number of anilines is 1. The first-order valence-corrected chi connectivity index (χ1v) is 10.1. The summed E-state index contributed by atoms with van der Waals surface area (Å²) >= 11 is 0. The Bertz CT molecular complexity index is 613. The van der Waals surface area contributed by atoms with E-state index in [1.54, 1.807) is 0 Å². The Kier molecular flexibility index (Phi) is 5.50. The van der Waals surface area contributed by atoms with Crippen LogP contribution in [0.1, 0.15) is 31.4 Å². The third-order valence-corrected chi connectivity index (χ3v) is 5.48. The van der Waals surface area contributed by atoms with Gasteiger partial charge in [-0.05, 0) is 43.0 Å². The van der Waals surface area contributed by atoms with E-state index in [1.165, 1.54) is 6.26 Å². The Morgan fingerprint density at radius 3 is 2.68 bits per heavy atom.